The van der Waals surface area contributed by atoms with Crippen LogP contribution in [0, 0.1) is 0 Å². The van der Waals surface area contributed by atoms with Gasteiger partial charge in [0.2, 0.25) is 0 Å². The molecular formula is C11H18N2O2S. The van der Waals surface area contributed by atoms with Crippen LogP contribution in [-0.4, -0.2) is 30.9 Å². The van der Waals surface area contributed by atoms with Gasteiger partial charge in [-0.3, -0.25) is 4.98 Å². The van der Waals surface area contributed by atoms with E-state index in [0.29, 0.717) is 12.8 Å². The lowest BCUT2D eigenvalue weighted by molar-refractivity contribution is 0.586. The van der Waals surface area contributed by atoms with Crippen LogP contribution < -0.4 is 5.73 Å². The van der Waals surface area contributed by atoms with E-state index in [4.69, 9.17) is 5.73 Å². The van der Waals surface area contributed by atoms with Gasteiger partial charge in [-0.05, 0) is 25.5 Å². The van der Waals surface area contributed by atoms with E-state index >= 15 is 0 Å². The van der Waals surface area contributed by atoms with Crippen molar-refractivity contribution in [1.29, 1.82) is 0 Å². The van der Waals surface area contributed by atoms with E-state index in [1.165, 1.54) is 0 Å². The van der Waals surface area contributed by atoms with Gasteiger partial charge in [0.25, 0.3) is 0 Å². The molecule has 16 heavy (non-hydrogen) atoms. The van der Waals surface area contributed by atoms with Crippen molar-refractivity contribution in [3.8, 4) is 0 Å². The molecule has 5 heteroatoms. The monoisotopic (exact) mass is 242 g/mol. The number of nitrogens with two attached hydrogens (primary N) is 1. The largest absolute Gasteiger partial charge is 0.328 e. The summed E-state index contributed by atoms with van der Waals surface area (Å²) >= 11 is 0. The molecule has 90 valence electrons. The summed E-state index contributed by atoms with van der Waals surface area (Å²) in [6.07, 6.45) is 2.66. The molecule has 0 bridgehead atoms. The molecular weight excluding hydrogens is 224 g/mol. The maximum absolute atomic E-state index is 11.6. The highest BCUT2D eigenvalue weighted by atomic mass is 32.2. The summed E-state index contributed by atoms with van der Waals surface area (Å²) in [4.78, 5) is 4.09. The summed E-state index contributed by atoms with van der Waals surface area (Å²) in [5, 5.41) is 0. The number of rotatable bonds is 6. The maximum atomic E-state index is 11.6. The Morgan fingerprint density at radius 3 is 2.69 bits per heavy atom. The lowest BCUT2D eigenvalue weighted by Crippen LogP contribution is -2.22. The molecule has 0 radical (unpaired) electrons. The predicted molar refractivity (Wildman–Crippen MR) is 64.9 cm³/mol. The minimum atomic E-state index is -2.99. The van der Waals surface area contributed by atoms with Gasteiger partial charge in [-0.2, -0.15) is 0 Å². The molecule has 0 saturated carbocycles. The van der Waals surface area contributed by atoms with Crippen LogP contribution >= 0.6 is 0 Å². The summed E-state index contributed by atoms with van der Waals surface area (Å²) in [5.74, 6) is 0.314. The van der Waals surface area contributed by atoms with Crippen molar-refractivity contribution in [1.82, 2.24) is 4.98 Å². The average Bonchev–Trinajstić information content (AvgIpc) is 2.26. The van der Waals surface area contributed by atoms with Gasteiger partial charge in [0.05, 0.1) is 11.5 Å². The third kappa shape index (κ3) is 5.23. The summed E-state index contributed by atoms with van der Waals surface area (Å²) in [5.41, 5.74) is 6.34. The van der Waals surface area contributed by atoms with Crippen LogP contribution in [0.3, 0.4) is 0 Å². The van der Waals surface area contributed by atoms with Crippen LogP contribution in [0.2, 0.25) is 0 Å². The highest BCUT2D eigenvalue weighted by Gasteiger charge is 2.12. The molecule has 0 aliphatic heterocycles. The van der Waals surface area contributed by atoms with Crippen molar-refractivity contribution in [2.75, 3.05) is 11.5 Å². The zero-order valence-electron chi connectivity index (χ0n) is 9.46. The Hall–Kier alpha value is -0.940. The number of aromatic nitrogens is 1. The van der Waals surface area contributed by atoms with Crippen molar-refractivity contribution >= 4 is 9.84 Å². The van der Waals surface area contributed by atoms with E-state index in [-0.39, 0.29) is 17.5 Å². The van der Waals surface area contributed by atoms with Crippen LogP contribution in [0.15, 0.2) is 24.4 Å². The Labute approximate surface area is 96.8 Å². The van der Waals surface area contributed by atoms with Crippen LogP contribution in [0.1, 0.15) is 19.0 Å². The highest BCUT2D eigenvalue weighted by Crippen LogP contribution is 2.02. The SMILES string of the molecule is CC(N)CCS(=O)(=O)CCc1ccccn1. The Bertz CT molecular complexity index is 401. The molecule has 0 saturated heterocycles. The smallest absolute Gasteiger partial charge is 0.150 e. The molecule has 1 rings (SSSR count). The first-order chi connectivity index (χ1) is 7.49. The molecule has 0 aromatic carbocycles. The Kier molecular flexibility index (Phi) is 4.89. The fraction of sp³-hybridized carbons (Fsp3) is 0.545. The van der Waals surface area contributed by atoms with Crippen molar-refractivity contribution < 1.29 is 8.42 Å². The molecule has 4 nitrogen and oxygen atoms in total. The van der Waals surface area contributed by atoms with Crippen molar-refractivity contribution in [2.24, 2.45) is 5.73 Å². The van der Waals surface area contributed by atoms with Crippen LogP contribution in [0.25, 0.3) is 0 Å². The van der Waals surface area contributed by atoms with E-state index < -0.39 is 9.84 Å². The fourth-order valence-electron chi connectivity index (χ4n) is 1.27. The lowest BCUT2D eigenvalue weighted by Gasteiger charge is -2.06. The van der Waals surface area contributed by atoms with Gasteiger partial charge in [-0.15, -0.1) is 0 Å². The van der Waals surface area contributed by atoms with Crippen molar-refractivity contribution in [2.45, 2.75) is 25.8 Å². The Morgan fingerprint density at radius 1 is 1.38 bits per heavy atom. The molecule has 1 heterocycles. The number of aryl methyl sites for hydroxylation is 1. The van der Waals surface area contributed by atoms with E-state index in [1.54, 1.807) is 6.20 Å². The van der Waals surface area contributed by atoms with Gasteiger partial charge in [0.1, 0.15) is 0 Å². The molecule has 1 aromatic rings. The number of hydrogen-bond acceptors (Lipinski definition) is 4. The fourth-order valence-corrected chi connectivity index (χ4v) is 2.73. The molecule has 0 fully saturated rings. The van der Waals surface area contributed by atoms with Gasteiger partial charge in [0.15, 0.2) is 9.84 Å². The third-order valence-corrected chi connectivity index (χ3v) is 3.96. The summed E-state index contributed by atoms with van der Waals surface area (Å²) in [6.45, 7) is 1.81. The molecule has 1 unspecified atom stereocenters. The Morgan fingerprint density at radius 2 is 2.12 bits per heavy atom. The van der Waals surface area contributed by atoms with Crippen LogP contribution in [0.4, 0.5) is 0 Å². The summed E-state index contributed by atoms with van der Waals surface area (Å²) in [6, 6.07) is 5.44. The number of hydrogen-bond donors (Lipinski definition) is 1. The standard InChI is InChI=1S/C11H18N2O2S/c1-10(12)5-8-16(14,15)9-6-11-4-2-3-7-13-11/h2-4,7,10H,5-6,8-9,12H2,1H3. The lowest BCUT2D eigenvalue weighted by atomic mass is 10.3. The quantitative estimate of drug-likeness (QED) is 0.800. The maximum Gasteiger partial charge on any atom is 0.150 e. The molecule has 0 aliphatic rings. The van der Waals surface area contributed by atoms with Crippen LogP contribution in [0.5, 0.6) is 0 Å². The first-order valence-electron chi connectivity index (χ1n) is 5.35. The molecule has 1 aromatic heterocycles. The predicted octanol–water partition coefficient (Wildman–Crippen LogP) is 0.776. The number of sulfone groups is 1. The van der Waals surface area contributed by atoms with Gasteiger partial charge in [-0.25, -0.2) is 8.42 Å². The first-order valence-corrected chi connectivity index (χ1v) is 7.18. The van der Waals surface area contributed by atoms with Crippen LogP contribution in [-0.2, 0) is 16.3 Å². The van der Waals surface area contributed by atoms with Gasteiger partial charge >= 0.3 is 0 Å². The minimum absolute atomic E-state index is 0.0652. The second-order valence-electron chi connectivity index (χ2n) is 3.99. The van der Waals surface area contributed by atoms with E-state index in [2.05, 4.69) is 4.98 Å². The Balaban J connectivity index is 2.42. The minimum Gasteiger partial charge on any atom is -0.328 e. The van der Waals surface area contributed by atoms with Gasteiger partial charge < -0.3 is 5.73 Å². The van der Waals surface area contributed by atoms with E-state index in [0.717, 1.165) is 5.69 Å². The zero-order chi connectivity index (χ0) is 12.0. The molecule has 0 amide bonds. The van der Waals surface area contributed by atoms with E-state index in [1.807, 2.05) is 25.1 Å². The number of nitrogens with zero attached hydrogens (tertiary/aromatic N) is 1. The third-order valence-electron chi connectivity index (χ3n) is 2.28. The topological polar surface area (TPSA) is 73.1 Å². The van der Waals surface area contributed by atoms with Crippen molar-refractivity contribution in [3.05, 3.63) is 30.1 Å². The normalized spacial score (nSPS) is 13.6. The first kappa shape index (κ1) is 13.1. The highest BCUT2D eigenvalue weighted by molar-refractivity contribution is 7.91. The zero-order valence-corrected chi connectivity index (χ0v) is 10.3. The molecule has 1 atom stereocenters. The second kappa shape index (κ2) is 5.96. The second-order valence-corrected chi connectivity index (χ2v) is 6.29. The summed E-state index contributed by atoms with van der Waals surface area (Å²) in [7, 11) is -2.99. The molecule has 2 N–H and O–H groups in total. The molecule has 0 spiro atoms. The van der Waals surface area contributed by atoms with Gasteiger partial charge in [0, 0.05) is 24.4 Å². The number of pyridine rings is 1. The van der Waals surface area contributed by atoms with E-state index in [9.17, 15) is 8.42 Å². The summed E-state index contributed by atoms with van der Waals surface area (Å²) < 4.78 is 23.2. The molecule has 0 aliphatic carbocycles. The van der Waals surface area contributed by atoms with Crippen molar-refractivity contribution in [3.63, 3.8) is 0 Å². The average molecular weight is 242 g/mol. The van der Waals surface area contributed by atoms with Gasteiger partial charge in [-0.1, -0.05) is 6.07 Å².